The molecule has 180 valence electrons. The Hall–Kier alpha value is -3.65. The Morgan fingerprint density at radius 1 is 1.23 bits per heavy atom. The number of alkyl halides is 1. The minimum atomic E-state index is -0.964. The summed E-state index contributed by atoms with van der Waals surface area (Å²) in [5.41, 5.74) is 1.46. The number of phenols is 1. The second-order valence-electron chi connectivity index (χ2n) is 9.66. The van der Waals surface area contributed by atoms with E-state index >= 15 is 4.39 Å². The summed E-state index contributed by atoms with van der Waals surface area (Å²) >= 11 is 0. The molecule has 3 aromatic rings. The van der Waals surface area contributed by atoms with Gasteiger partial charge in [-0.25, -0.2) is 14.1 Å². The van der Waals surface area contributed by atoms with Gasteiger partial charge in [0.25, 0.3) is 0 Å². The molecule has 4 atom stereocenters. The van der Waals surface area contributed by atoms with E-state index in [1.54, 1.807) is 25.4 Å². The van der Waals surface area contributed by atoms with E-state index in [-0.39, 0.29) is 29.7 Å². The van der Waals surface area contributed by atoms with Gasteiger partial charge in [0.05, 0.1) is 12.2 Å². The van der Waals surface area contributed by atoms with Crippen LogP contribution in [0, 0.1) is 11.3 Å². The van der Waals surface area contributed by atoms with Crippen LogP contribution in [0.5, 0.6) is 5.75 Å². The summed E-state index contributed by atoms with van der Waals surface area (Å²) in [7, 11) is 1.64. The Morgan fingerprint density at radius 3 is 2.77 bits per heavy atom. The molecule has 0 unspecified atom stereocenters. The molecule has 4 heterocycles. The molecule has 3 aliphatic rings. The summed E-state index contributed by atoms with van der Waals surface area (Å²) in [5.74, 6) is 0.952. The van der Waals surface area contributed by atoms with Gasteiger partial charge in [0.1, 0.15) is 23.7 Å². The van der Waals surface area contributed by atoms with Crippen molar-refractivity contribution in [3.8, 4) is 34.5 Å². The minimum absolute atomic E-state index is 0.0219. The van der Waals surface area contributed by atoms with Crippen LogP contribution in [0.15, 0.2) is 24.4 Å². The predicted molar refractivity (Wildman–Crippen MR) is 125 cm³/mol. The van der Waals surface area contributed by atoms with Crippen molar-refractivity contribution in [3.05, 3.63) is 30.2 Å². The molecule has 0 radical (unpaired) electrons. The number of nitrogens with one attached hydrogen (secondary N) is 1. The van der Waals surface area contributed by atoms with Crippen molar-refractivity contribution >= 4 is 5.95 Å². The van der Waals surface area contributed by atoms with E-state index in [1.165, 1.54) is 10.7 Å². The van der Waals surface area contributed by atoms with E-state index in [2.05, 4.69) is 35.5 Å². The molecule has 1 aliphatic carbocycles. The lowest BCUT2D eigenvalue weighted by Gasteiger charge is -2.46. The molecular formula is C24H26FN9O. The van der Waals surface area contributed by atoms with Crippen LogP contribution in [0.2, 0.25) is 0 Å². The van der Waals surface area contributed by atoms with Crippen LogP contribution in [0.4, 0.5) is 10.3 Å². The summed E-state index contributed by atoms with van der Waals surface area (Å²) in [6, 6.07) is 7.19. The highest BCUT2D eigenvalue weighted by molar-refractivity contribution is 5.71. The molecule has 2 saturated heterocycles. The topological polar surface area (TPSA) is 129 Å². The first-order valence-corrected chi connectivity index (χ1v) is 12.0. The first-order chi connectivity index (χ1) is 17.0. The number of hydrogen-bond donors (Lipinski definition) is 2. The third-order valence-electron chi connectivity index (χ3n) is 7.27. The van der Waals surface area contributed by atoms with Crippen LogP contribution < -0.4 is 10.2 Å². The van der Waals surface area contributed by atoms with E-state index in [9.17, 15) is 5.11 Å². The lowest BCUT2D eigenvalue weighted by atomic mass is 9.82. The van der Waals surface area contributed by atoms with Gasteiger partial charge in [0.15, 0.2) is 5.82 Å². The van der Waals surface area contributed by atoms with Gasteiger partial charge in [-0.05, 0) is 44.2 Å². The zero-order valence-electron chi connectivity index (χ0n) is 19.3. The summed E-state index contributed by atoms with van der Waals surface area (Å²) < 4.78 is 16.8. The number of anilines is 1. The molecule has 1 aromatic carbocycles. The number of rotatable bonds is 5. The molecule has 2 aromatic heterocycles. The van der Waals surface area contributed by atoms with Crippen LogP contribution in [-0.2, 0) is 7.05 Å². The lowest BCUT2D eigenvalue weighted by molar-refractivity contribution is 0.103. The Kier molecular flexibility index (Phi) is 5.33. The molecule has 2 aliphatic heterocycles. The quantitative estimate of drug-likeness (QED) is 0.572. The molecule has 0 spiro atoms. The number of nitriles is 1. The molecule has 2 bridgehead atoms. The standard InChI is InChI=1S/C24H26FN9O/c1-33-21(11-26)29-23(32-33)13-5-8-16(20(35)9-13)18-12-27-24(31-30-18)34(15-6-7-15)19-10-14-3-2-4-17(28-14)22(19)25/h5,8-9,12,14-15,17,19,22,28,35H,2-4,6-7,10H2,1H3/t14-,17-,19-,22+/m0/s1. The lowest BCUT2D eigenvalue weighted by Crippen LogP contribution is -2.62. The molecule has 1 saturated carbocycles. The van der Waals surface area contributed by atoms with Gasteiger partial charge >= 0.3 is 0 Å². The normalized spacial score (nSPS) is 25.7. The number of benzene rings is 1. The average Bonchev–Trinajstić information content (AvgIpc) is 3.63. The third kappa shape index (κ3) is 3.97. The predicted octanol–water partition coefficient (Wildman–Crippen LogP) is 2.50. The van der Waals surface area contributed by atoms with Crippen LogP contribution >= 0.6 is 0 Å². The third-order valence-corrected chi connectivity index (χ3v) is 7.27. The molecule has 3 fully saturated rings. The van der Waals surface area contributed by atoms with Gasteiger partial charge < -0.3 is 15.3 Å². The number of fused-ring (bicyclic) bond motifs is 2. The van der Waals surface area contributed by atoms with Crippen molar-refractivity contribution in [3.63, 3.8) is 0 Å². The van der Waals surface area contributed by atoms with Gasteiger partial charge in [0.2, 0.25) is 11.8 Å². The molecular weight excluding hydrogens is 449 g/mol. The van der Waals surface area contributed by atoms with Crippen molar-refractivity contribution in [2.24, 2.45) is 7.05 Å². The maximum Gasteiger partial charge on any atom is 0.245 e. The highest BCUT2D eigenvalue weighted by Crippen LogP contribution is 2.39. The number of nitrogens with zero attached hydrogens (tertiary/aromatic N) is 8. The Labute approximate surface area is 201 Å². The fraction of sp³-hybridized carbons (Fsp3) is 0.500. The monoisotopic (exact) mass is 475 g/mol. The number of aromatic nitrogens is 6. The van der Waals surface area contributed by atoms with Gasteiger partial charge in [-0.2, -0.15) is 15.3 Å². The van der Waals surface area contributed by atoms with Crippen molar-refractivity contribution in [1.82, 2.24) is 35.3 Å². The zero-order valence-corrected chi connectivity index (χ0v) is 19.3. The highest BCUT2D eigenvalue weighted by atomic mass is 19.1. The highest BCUT2D eigenvalue weighted by Gasteiger charge is 2.47. The Morgan fingerprint density at radius 2 is 2.09 bits per heavy atom. The number of halogens is 1. The summed E-state index contributed by atoms with van der Waals surface area (Å²) in [6.45, 7) is 0. The first-order valence-electron chi connectivity index (χ1n) is 12.0. The number of aryl methyl sites for hydroxylation is 1. The second kappa shape index (κ2) is 8.53. The fourth-order valence-corrected chi connectivity index (χ4v) is 5.38. The van der Waals surface area contributed by atoms with E-state index < -0.39 is 6.17 Å². The maximum atomic E-state index is 15.4. The Bertz CT molecular complexity index is 1280. The van der Waals surface area contributed by atoms with Crippen molar-refractivity contribution in [1.29, 1.82) is 5.26 Å². The smallest absolute Gasteiger partial charge is 0.245 e. The van der Waals surface area contributed by atoms with Crippen LogP contribution in [0.3, 0.4) is 0 Å². The van der Waals surface area contributed by atoms with Gasteiger partial charge in [-0.1, -0.05) is 12.5 Å². The number of hydrogen-bond acceptors (Lipinski definition) is 9. The van der Waals surface area contributed by atoms with E-state index in [1.807, 2.05) is 6.07 Å². The molecule has 0 amide bonds. The second-order valence-corrected chi connectivity index (χ2v) is 9.66. The van der Waals surface area contributed by atoms with E-state index in [4.69, 9.17) is 5.26 Å². The van der Waals surface area contributed by atoms with Gasteiger partial charge in [0, 0.05) is 36.3 Å². The van der Waals surface area contributed by atoms with Crippen molar-refractivity contribution in [2.45, 2.75) is 68.9 Å². The molecule has 2 N–H and O–H groups in total. The van der Waals surface area contributed by atoms with Gasteiger partial charge in [-0.15, -0.1) is 10.2 Å². The van der Waals surface area contributed by atoms with E-state index in [0.29, 0.717) is 34.6 Å². The van der Waals surface area contributed by atoms with Crippen LogP contribution in [0.25, 0.3) is 22.6 Å². The average molecular weight is 476 g/mol. The SMILES string of the molecule is Cn1nc(-c2ccc(-c3cnc(N(C4CC4)[C@H]4C[C@@H]5CCC[C@H](N5)[C@H]4F)nn3)c(O)c2)nc1C#N. The van der Waals surface area contributed by atoms with E-state index in [0.717, 1.165) is 38.5 Å². The first kappa shape index (κ1) is 21.9. The molecule has 10 nitrogen and oxygen atoms in total. The Balaban J connectivity index is 1.26. The van der Waals surface area contributed by atoms with Gasteiger partial charge in [-0.3, -0.25) is 0 Å². The minimum Gasteiger partial charge on any atom is -0.507 e. The number of aromatic hydroxyl groups is 1. The summed E-state index contributed by atoms with van der Waals surface area (Å²) in [6.07, 6.45) is 6.40. The van der Waals surface area contributed by atoms with Crippen LogP contribution in [0.1, 0.15) is 44.3 Å². The molecule has 11 heteroatoms. The largest absolute Gasteiger partial charge is 0.507 e. The van der Waals surface area contributed by atoms with Crippen molar-refractivity contribution in [2.75, 3.05) is 4.90 Å². The summed E-state index contributed by atoms with van der Waals surface area (Å²) in [4.78, 5) is 10.8. The number of piperidine rings is 2. The van der Waals surface area contributed by atoms with Crippen LogP contribution in [-0.4, -0.2) is 65.4 Å². The molecule has 35 heavy (non-hydrogen) atoms. The fourth-order valence-electron chi connectivity index (χ4n) is 5.38. The molecule has 6 rings (SSSR count). The maximum absolute atomic E-state index is 15.4. The zero-order chi connectivity index (χ0) is 24.1. The summed E-state index contributed by atoms with van der Waals surface area (Å²) in [5, 5.41) is 36.1. The number of phenolic OH excluding ortho intramolecular Hbond substituents is 1. The van der Waals surface area contributed by atoms with Crippen molar-refractivity contribution < 1.29 is 9.50 Å².